The molecule has 2 aliphatic rings. The molecule has 3 nitrogen and oxygen atoms in total. The van der Waals surface area contributed by atoms with Crippen molar-refractivity contribution in [1.29, 1.82) is 0 Å². The lowest BCUT2D eigenvalue weighted by atomic mass is 9.83. The number of isocyanates is 1. The van der Waals surface area contributed by atoms with Crippen LogP contribution in [0.4, 0.5) is 0 Å². The predicted octanol–water partition coefficient (Wildman–Crippen LogP) is 5.79. The minimum atomic E-state index is -0.0314. The van der Waals surface area contributed by atoms with E-state index in [1.54, 1.807) is 12.3 Å². The maximum absolute atomic E-state index is 10.7. The van der Waals surface area contributed by atoms with E-state index in [1.165, 1.54) is 32.7 Å². The Kier molecular flexibility index (Phi) is 5.13. The van der Waals surface area contributed by atoms with Crippen molar-refractivity contribution in [3.63, 3.8) is 0 Å². The fraction of sp³-hybridized carbons (Fsp3) is 0.208. The van der Waals surface area contributed by atoms with Gasteiger partial charge in [0, 0.05) is 0 Å². The number of aryl methyl sites for hydroxylation is 1. The van der Waals surface area contributed by atoms with E-state index < -0.39 is 0 Å². The van der Waals surface area contributed by atoms with E-state index in [9.17, 15) is 4.79 Å². The van der Waals surface area contributed by atoms with Crippen molar-refractivity contribution in [2.75, 3.05) is 6.61 Å². The minimum Gasteiger partial charge on any atom is -0.497 e. The summed E-state index contributed by atoms with van der Waals surface area (Å²) in [6, 6.07) is 17.1. The molecular weight excluding hydrogens is 334 g/mol. The van der Waals surface area contributed by atoms with Crippen LogP contribution in [-0.2, 0) is 16.0 Å². The molecule has 1 unspecified atom stereocenters. The Balaban J connectivity index is 0.000000257. The molecular formula is C24H21NO2. The van der Waals surface area contributed by atoms with E-state index in [2.05, 4.69) is 53.5 Å². The first-order valence-electron chi connectivity index (χ1n) is 9.32. The lowest BCUT2D eigenvalue weighted by molar-refractivity contribution is 0.286. The molecule has 3 aromatic rings. The third-order valence-electron chi connectivity index (χ3n) is 5.14. The molecule has 1 heterocycles. The molecule has 134 valence electrons. The summed E-state index contributed by atoms with van der Waals surface area (Å²) >= 11 is 0. The predicted molar refractivity (Wildman–Crippen MR) is 109 cm³/mol. The summed E-state index contributed by atoms with van der Waals surface area (Å²) < 4.78 is 4.80. The lowest BCUT2D eigenvalue weighted by Gasteiger charge is -2.23. The zero-order valence-corrected chi connectivity index (χ0v) is 15.1. The van der Waals surface area contributed by atoms with Crippen LogP contribution in [0.25, 0.3) is 21.5 Å². The van der Waals surface area contributed by atoms with Crippen LogP contribution < -0.4 is 0 Å². The Hall–Kier alpha value is -3.16. The van der Waals surface area contributed by atoms with Crippen LogP contribution >= 0.6 is 0 Å². The number of aliphatic imine (C=N–C) groups is 1. The maximum atomic E-state index is 10.7. The highest BCUT2D eigenvalue weighted by Gasteiger charge is 2.22. The Morgan fingerprint density at radius 2 is 1.85 bits per heavy atom. The molecule has 3 heteroatoms. The summed E-state index contributed by atoms with van der Waals surface area (Å²) in [5.74, 6) is 0. The van der Waals surface area contributed by atoms with Crippen LogP contribution in [0.3, 0.4) is 0 Å². The standard InChI is InChI=1S/C19H15NO.C5H6O/c21-12-20-18-7-3-5-14-9-10-16-15-6-2-1-4-13(15)8-11-17(16)19(14)18;1-2-4-6-5-3-1/h1-2,4,6,8-11,18H,3,5,7H2;1-4H,5H2. The van der Waals surface area contributed by atoms with Gasteiger partial charge in [0.2, 0.25) is 6.08 Å². The fourth-order valence-corrected chi connectivity index (χ4v) is 3.94. The van der Waals surface area contributed by atoms with Crippen molar-refractivity contribution in [3.05, 3.63) is 84.1 Å². The van der Waals surface area contributed by atoms with Gasteiger partial charge >= 0.3 is 0 Å². The SMILES string of the molecule is C1=CCOC=C1.O=C=NC1CCCc2ccc3c(ccc4ccccc43)c21. The van der Waals surface area contributed by atoms with E-state index in [4.69, 9.17) is 4.74 Å². The molecule has 0 bridgehead atoms. The number of hydrogen-bond donors (Lipinski definition) is 0. The van der Waals surface area contributed by atoms with Crippen molar-refractivity contribution in [1.82, 2.24) is 0 Å². The summed E-state index contributed by atoms with van der Waals surface area (Å²) in [7, 11) is 0. The van der Waals surface area contributed by atoms with Crippen molar-refractivity contribution in [2.45, 2.75) is 25.3 Å². The van der Waals surface area contributed by atoms with Gasteiger partial charge in [-0.2, -0.15) is 4.99 Å². The van der Waals surface area contributed by atoms with Crippen molar-refractivity contribution in [2.24, 2.45) is 4.99 Å². The topological polar surface area (TPSA) is 38.7 Å². The number of carbonyl (C=O) groups excluding carboxylic acids is 1. The number of rotatable bonds is 1. The first-order chi connectivity index (χ1) is 13.4. The minimum absolute atomic E-state index is 0.0314. The molecule has 3 aromatic carbocycles. The van der Waals surface area contributed by atoms with E-state index in [0.29, 0.717) is 0 Å². The van der Waals surface area contributed by atoms with Gasteiger partial charge in [-0.05, 0) is 64.1 Å². The summed E-state index contributed by atoms with van der Waals surface area (Å²) in [4.78, 5) is 14.8. The van der Waals surface area contributed by atoms with E-state index in [0.717, 1.165) is 25.9 Å². The summed E-state index contributed by atoms with van der Waals surface area (Å²) in [6.07, 6.45) is 12.3. The van der Waals surface area contributed by atoms with Crippen LogP contribution in [0.2, 0.25) is 0 Å². The number of nitrogens with zero attached hydrogens (tertiary/aromatic N) is 1. The van der Waals surface area contributed by atoms with Gasteiger partial charge in [0.15, 0.2) is 0 Å². The van der Waals surface area contributed by atoms with E-state index in [-0.39, 0.29) is 6.04 Å². The summed E-state index contributed by atoms with van der Waals surface area (Å²) in [5, 5.41) is 4.99. The second-order valence-electron chi connectivity index (χ2n) is 6.74. The molecule has 0 saturated carbocycles. The molecule has 1 aliphatic carbocycles. The Morgan fingerprint density at radius 1 is 0.963 bits per heavy atom. The van der Waals surface area contributed by atoms with Crippen molar-refractivity contribution in [3.8, 4) is 0 Å². The van der Waals surface area contributed by atoms with Gasteiger partial charge in [0.05, 0.1) is 12.3 Å². The number of benzene rings is 3. The largest absolute Gasteiger partial charge is 0.497 e. The first-order valence-corrected chi connectivity index (χ1v) is 9.32. The zero-order chi connectivity index (χ0) is 18.5. The molecule has 0 saturated heterocycles. The van der Waals surface area contributed by atoms with E-state index in [1.807, 2.05) is 18.2 Å². The number of fused-ring (bicyclic) bond motifs is 5. The number of ether oxygens (including phenoxy) is 1. The fourth-order valence-electron chi connectivity index (χ4n) is 3.94. The molecule has 0 amide bonds. The Bertz CT molecular complexity index is 1060. The monoisotopic (exact) mass is 355 g/mol. The molecule has 0 radical (unpaired) electrons. The highest BCUT2D eigenvalue weighted by atomic mass is 16.5. The van der Waals surface area contributed by atoms with Gasteiger partial charge < -0.3 is 4.74 Å². The van der Waals surface area contributed by atoms with Crippen LogP contribution in [0.5, 0.6) is 0 Å². The van der Waals surface area contributed by atoms with Crippen molar-refractivity contribution >= 4 is 27.6 Å². The smallest absolute Gasteiger partial charge is 0.235 e. The van der Waals surface area contributed by atoms with Gasteiger partial charge in [-0.15, -0.1) is 0 Å². The average molecular weight is 355 g/mol. The lowest BCUT2D eigenvalue weighted by Crippen LogP contribution is -2.08. The van der Waals surface area contributed by atoms with Gasteiger partial charge in [-0.3, -0.25) is 0 Å². The van der Waals surface area contributed by atoms with Gasteiger partial charge in [0.25, 0.3) is 0 Å². The van der Waals surface area contributed by atoms with Gasteiger partial charge in [-0.1, -0.05) is 54.6 Å². The van der Waals surface area contributed by atoms with Crippen LogP contribution in [0.1, 0.15) is 30.0 Å². The van der Waals surface area contributed by atoms with Gasteiger partial charge in [-0.25, -0.2) is 4.79 Å². The average Bonchev–Trinajstić information content (AvgIpc) is 2.75. The van der Waals surface area contributed by atoms with E-state index >= 15 is 0 Å². The van der Waals surface area contributed by atoms with Gasteiger partial charge in [0.1, 0.15) is 6.61 Å². The molecule has 0 aromatic heterocycles. The molecule has 0 N–H and O–H groups in total. The summed E-state index contributed by atoms with van der Waals surface area (Å²) in [5.41, 5.74) is 2.56. The van der Waals surface area contributed by atoms with Crippen LogP contribution in [0, 0.1) is 0 Å². The molecule has 1 aliphatic heterocycles. The molecule has 0 fully saturated rings. The summed E-state index contributed by atoms with van der Waals surface area (Å²) in [6.45, 7) is 0.733. The molecule has 5 rings (SSSR count). The van der Waals surface area contributed by atoms with Crippen LogP contribution in [-0.4, -0.2) is 12.7 Å². The number of hydrogen-bond acceptors (Lipinski definition) is 3. The quantitative estimate of drug-likeness (QED) is 0.315. The molecule has 1 atom stereocenters. The van der Waals surface area contributed by atoms with Crippen molar-refractivity contribution < 1.29 is 9.53 Å². The van der Waals surface area contributed by atoms with Crippen LogP contribution in [0.15, 0.2) is 78.0 Å². The molecule has 0 spiro atoms. The Morgan fingerprint density at radius 3 is 2.59 bits per heavy atom. The second kappa shape index (κ2) is 8.03. The Labute approximate surface area is 158 Å². The highest BCUT2D eigenvalue weighted by Crippen LogP contribution is 2.39. The normalized spacial score (nSPS) is 17.4. The molecule has 27 heavy (non-hydrogen) atoms. The number of allylic oxidation sites excluding steroid dienone is 2. The zero-order valence-electron chi connectivity index (χ0n) is 15.1. The highest BCUT2D eigenvalue weighted by molar-refractivity contribution is 6.08. The third-order valence-corrected chi connectivity index (χ3v) is 5.14. The maximum Gasteiger partial charge on any atom is 0.235 e. The second-order valence-corrected chi connectivity index (χ2v) is 6.74. The third kappa shape index (κ3) is 3.55. The first kappa shape index (κ1) is 17.3.